The molecular formula is C14H16ClNO3. The average molecular weight is 282 g/mol. The number of anilines is 1. The number of hydrogen-bond acceptors (Lipinski definition) is 3. The fourth-order valence-corrected chi connectivity index (χ4v) is 3.62. The van der Waals surface area contributed by atoms with Crippen LogP contribution in [0.25, 0.3) is 0 Å². The van der Waals surface area contributed by atoms with Crippen molar-refractivity contribution in [2.75, 3.05) is 4.90 Å². The predicted octanol–water partition coefficient (Wildman–Crippen LogP) is 2.53. The molecule has 0 spiro atoms. The van der Waals surface area contributed by atoms with Crippen LogP contribution in [0.3, 0.4) is 0 Å². The molecule has 2 aliphatic heterocycles. The van der Waals surface area contributed by atoms with Crippen LogP contribution in [0.5, 0.6) is 0 Å². The van der Waals surface area contributed by atoms with E-state index < -0.39 is 5.97 Å². The highest BCUT2D eigenvalue weighted by Crippen LogP contribution is 2.41. The van der Waals surface area contributed by atoms with Crippen LogP contribution in [0.4, 0.5) is 5.69 Å². The first-order valence-corrected chi connectivity index (χ1v) is 6.93. The fourth-order valence-electron chi connectivity index (χ4n) is 3.45. The summed E-state index contributed by atoms with van der Waals surface area (Å²) in [5.74, 6) is -0.956. The van der Waals surface area contributed by atoms with E-state index in [-0.39, 0.29) is 23.8 Å². The molecule has 2 N–H and O–H groups in total. The van der Waals surface area contributed by atoms with E-state index in [1.807, 2.05) is 0 Å². The third kappa shape index (κ3) is 2.19. The Balaban J connectivity index is 2.01. The van der Waals surface area contributed by atoms with E-state index in [9.17, 15) is 15.0 Å². The molecule has 0 aromatic heterocycles. The molecule has 1 aromatic carbocycles. The molecule has 1 aromatic rings. The summed E-state index contributed by atoms with van der Waals surface area (Å²) in [6, 6.07) is 5.51. The molecule has 2 saturated heterocycles. The number of carboxylic acid groups (broad SMARTS) is 1. The van der Waals surface area contributed by atoms with Gasteiger partial charge in [0.2, 0.25) is 0 Å². The summed E-state index contributed by atoms with van der Waals surface area (Å²) in [4.78, 5) is 13.6. The van der Waals surface area contributed by atoms with E-state index in [0.717, 1.165) is 31.4 Å². The van der Waals surface area contributed by atoms with Crippen LogP contribution in [-0.2, 0) is 0 Å². The number of carboxylic acids is 1. The van der Waals surface area contributed by atoms with Gasteiger partial charge in [0.15, 0.2) is 0 Å². The summed E-state index contributed by atoms with van der Waals surface area (Å²) in [5.41, 5.74) is 0.983. The number of carbonyl (C=O) groups is 1. The molecule has 2 heterocycles. The van der Waals surface area contributed by atoms with Crippen molar-refractivity contribution < 1.29 is 15.0 Å². The van der Waals surface area contributed by atoms with Gasteiger partial charge in [-0.1, -0.05) is 11.6 Å². The van der Waals surface area contributed by atoms with Gasteiger partial charge in [-0.15, -0.1) is 0 Å². The maximum absolute atomic E-state index is 11.4. The maximum Gasteiger partial charge on any atom is 0.337 e. The lowest BCUT2D eigenvalue weighted by molar-refractivity contribution is 0.0697. The third-order valence-corrected chi connectivity index (χ3v) is 4.41. The molecule has 2 fully saturated rings. The number of hydrogen-bond donors (Lipinski definition) is 2. The predicted molar refractivity (Wildman–Crippen MR) is 72.9 cm³/mol. The van der Waals surface area contributed by atoms with Crippen molar-refractivity contribution in [1.29, 1.82) is 0 Å². The number of aromatic carboxylic acids is 1. The second-order valence-corrected chi connectivity index (χ2v) is 5.82. The van der Waals surface area contributed by atoms with Gasteiger partial charge in [-0.05, 0) is 43.9 Å². The maximum atomic E-state index is 11.4. The van der Waals surface area contributed by atoms with Crippen LogP contribution in [0.2, 0.25) is 5.02 Å². The topological polar surface area (TPSA) is 60.8 Å². The Morgan fingerprint density at radius 3 is 2.47 bits per heavy atom. The molecule has 2 bridgehead atoms. The van der Waals surface area contributed by atoms with Crippen molar-refractivity contribution in [3.8, 4) is 0 Å². The molecule has 2 aliphatic rings. The third-order valence-electron chi connectivity index (χ3n) is 4.18. The molecule has 0 amide bonds. The number of aliphatic hydroxyl groups is 1. The summed E-state index contributed by atoms with van der Waals surface area (Å²) in [6.07, 6.45) is 3.22. The van der Waals surface area contributed by atoms with Gasteiger partial charge in [0.05, 0.1) is 17.4 Å². The number of benzene rings is 1. The Morgan fingerprint density at radius 2 is 1.89 bits per heavy atom. The minimum atomic E-state index is -0.956. The molecular weight excluding hydrogens is 266 g/mol. The first-order valence-electron chi connectivity index (χ1n) is 6.55. The highest BCUT2D eigenvalue weighted by Gasteiger charge is 2.41. The van der Waals surface area contributed by atoms with Crippen molar-refractivity contribution >= 4 is 23.3 Å². The number of rotatable bonds is 2. The van der Waals surface area contributed by atoms with Gasteiger partial charge in [0.25, 0.3) is 0 Å². The van der Waals surface area contributed by atoms with Gasteiger partial charge in [-0.3, -0.25) is 0 Å². The van der Waals surface area contributed by atoms with Crippen LogP contribution in [0.15, 0.2) is 18.2 Å². The van der Waals surface area contributed by atoms with Gasteiger partial charge < -0.3 is 15.1 Å². The largest absolute Gasteiger partial charge is 0.478 e. The van der Waals surface area contributed by atoms with Crippen LogP contribution in [-0.4, -0.2) is 34.4 Å². The molecule has 0 saturated carbocycles. The number of aliphatic hydroxyl groups excluding tert-OH is 1. The van der Waals surface area contributed by atoms with E-state index in [1.54, 1.807) is 12.1 Å². The number of fused-ring (bicyclic) bond motifs is 2. The summed E-state index contributed by atoms with van der Waals surface area (Å²) < 4.78 is 0. The zero-order valence-electron chi connectivity index (χ0n) is 10.4. The monoisotopic (exact) mass is 281 g/mol. The van der Waals surface area contributed by atoms with Crippen LogP contribution < -0.4 is 4.90 Å². The zero-order valence-corrected chi connectivity index (χ0v) is 11.2. The van der Waals surface area contributed by atoms with Gasteiger partial charge >= 0.3 is 5.97 Å². The van der Waals surface area contributed by atoms with Crippen LogP contribution in [0.1, 0.15) is 36.0 Å². The van der Waals surface area contributed by atoms with E-state index in [4.69, 9.17) is 11.6 Å². The van der Waals surface area contributed by atoms with Crippen molar-refractivity contribution in [3.05, 3.63) is 28.8 Å². The second kappa shape index (κ2) is 4.69. The lowest BCUT2D eigenvalue weighted by Gasteiger charge is -2.39. The van der Waals surface area contributed by atoms with Crippen molar-refractivity contribution in [2.24, 2.45) is 0 Å². The molecule has 0 aliphatic carbocycles. The van der Waals surface area contributed by atoms with Gasteiger partial charge in [0, 0.05) is 17.1 Å². The lowest BCUT2D eigenvalue weighted by atomic mass is 9.98. The summed E-state index contributed by atoms with van der Waals surface area (Å²) in [6.45, 7) is 0. The van der Waals surface area contributed by atoms with Gasteiger partial charge in [0.1, 0.15) is 0 Å². The Morgan fingerprint density at radius 1 is 1.26 bits per heavy atom. The molecule has 2 unspecified atom stereocenters. The molecule has 5 heteroatoms. The second-order valence-electron chi connectivity index (χ2n) is 5.38. The van der Waals surface area contributed by atoms with E-state index in [2.05, 4.69) is 4.90 Å². The summed E-state index contributed by atoms with van der Waals surface area (Å²) >= 11 is 5.89. The Hall–Kier alpha value is -1.26. The highest BCUT2D eigenvalue weighted by molar-refractivity contribution is 6.31. The van der Waals surface area contributed by atoms with Gasteiger partial charge in [-0.2, -0.15) is 0 Å². The Labute approximate surface area is 116 Å². The van der Waals surface area contributed by atoms with Gasteiger partial charge in [-0.25, -0.2) is 4.79 Å². The smallest absolute Gasteiger partial charge is 0.337 e. The molecule has 2 atom stereocenters. The van der Waals surface area contributed by atoms with Crippen molar-refractivity contribution in [1.82, 2.24) is 0 Å². The zero-order chi connectivity index (χ0) is 13.6. The van der Waals surface area contributed by atoms with Crippen molar-refractivity contribution in [3.63, 3.8) is 0 Å². The number of piperidine rings is 1. The highest BCUT2D eigenvalue weighted by atomic mass is 35.5. The lowest BCUT2D eigenvalue weighted by Crippen LogP contribution is -2.45. The molecule has 0 radical (unpaired) electrons. The first-order chi connectivity index (χ1) is 9.06. The van der Waals surface area contributed by atoms with E-state index in [1.165, 1.54) is 6.07 Å². The van der Waals surface area contributed by atoms with Crippen LogP contribution >= 0.6 is 11.6 Å². The Kier molecular flexibility index (Phi) is 3.15. The van der Waals surface area contributed by atoms with Crippen molar-refractivity contribution in [2.45, 2.75) is 43.9 Å². The minimum Gasteiger partial charge on any atom is -0.478 e. The minimum absolute atomic E-state index is 0.244. The fraction of sp³-hybridized carbons (Fsp3) is 0.500. The number of nitrogens with zero attached hydrogens (tertiary/aromatic N) is 1. The summed E-state index contributed by atoms with van der Waals surface area (Å²) in [7, 11) is 0. The van der Waals surface area contributed by atoms with E-state index in [0.29, 0.717) is 5.02 Å². The molecule has 19 heavy (non-hydrogen) atoms. The molecule has 4 nitrogen and oxygen atoms in total. The summed E-state index contributed by atoms with van der Waals surface area (Å²) in [5, 5.41) is 19.6. The standard InChI is InChI=1S/C14H16ClNO3/c15-8-1-4-13(12(5-8)14(18)19)16-9-2-3-10(16)7-11(17)6-9/h1,4-5,9-11,17H,2-3,6-7H2,(H,18,19). The normalized spacial score (nSPS) is 29.6. The molecule has 3 rings (SSSR count). The average Bonchev–Trinajstić information content (AvgIpc) is 2.62. The SMILES string of the molecule is O=C(O)c1cc(Cl)ccc1N1C2CCC1CC(O)C2. The van der Waals surface area contributed by atoms with E-state index >= 15 is 0 Å². The molecule has 102 valence electrons. The quantitative estimate of drug-likeness (QED) is 0.874. The van der Waals surface area contributed by atoms with Crippen LogP contribution in [0, 0.1) is 0 Å². The number of halogens is 1. The first kappa shape index (κ1) is 12.8. The Bertz CT molecular complexity index is 505.